The minimum Gasteiger partial charge on any atom is -0.300 e. The standard InChI is InChI=1S/C13H28N2/c1-4-7-12(5-2)8-10-15-11-9-14-13(15)6-3/h12-14H,4-11H2,1-3H3. The minimum absolute atomic E-state index is 0.657. The summed E-state index contributed by atoms with van der Waals surface area (Å²) < 4.78 is 0. The van der Waals surface area contributed by atoms with Gasteiger partial charge in [0.1, 0.15) is 0 Å². The molecule has 1 N–H and O–H groups in total. The summed E-state index contributed by atoms with van der Waals surface area (Å²) in [6.45, 7) is 10.6. The van der Waals surface area contributed by atoms with Crippen molar-refractivity contribution < 1.29 is 0 Å². The molecule has 1 rings (SSSR count). The second-order valence-corrected chi connectivity index (χ2v) is 4.77. The van der Waals surface area contributed by atoms with Gasteiger partial charge in [-0.1, -0.05) is 40.0 Å². The molecule has 0 spiro atoms. The molecule has 15 heavy (non-hydrogen) atoms. The number of nitrogens with zero attached hydrogens (tertiary/aromatic N) is 1. The Kier molecular flexibility index (Phi) is 6.26. The molecular formula is C13H28N2. The monoisotopic (exact) mass is 212 g/mol. The molecule has 2 nitrogen and oxygen atoms in total. The van der Waals surface area contributed by atoms with Crippen LogP contribution < -0.4 is 5.32 Å². The van der Waals surface area contributed by atoms with E-state index in [2.05, 4.69) is 31.0 Å². The molecule has 0 aliphatic carbocycles. The van der Waals surface area contributed by atoms with Crippen molar-refractivity contribution in [3.8, 4) is 0 Å². The van der Waals surface area contributed by atoms with Crippen LogP contribution in [0.15, 0.2) is 0 Å². The predicted molar refractivity (Wildman–Crippen MR) is 67.0 cm³/mol. The molecule has 1 saturated heterocycles. The van der Waals surface area contributed by atoms with E-state index in [0.29, 0.717) is 6.17 Å². The first-order valence-corrected chi connectivity index (χ1v) is 6.79. The Bertz CT molecular complexity index is 159. The summed E-state index contributed by atoms with van der Waals surface area (Å²) in [5, 5.41) is 3.56. The van der Waals surface area contributed by atoms with E-state index < -0.39 is 0 Å². The van der Waals surface area contributed by atoms with Gasteiger partial charge in [-0.05, 0) is 25.3 Å². The van der Waals surface area contributed by atoms with Crippen molar-refractivity contribution in [3.05, 3.63) is 0 Å². The first kappa shape index (κ1) is 13.0. The van der Waals surface area contributed by atoms with Crippen LogP contribution in [0.3, 0.4) is 0 Å². The lowest BCUT2D eigenvalue weighted by atomic mass is 9.97. The highest BCUT2D eigenvalue weighted by Gasteiger charge is 2.21. The lowest BCUT2D eigenvalue weighted by Gasteiger charge is -2.25. The summed E-state index contributed by atoms with van der Waals surface area (Å²) >= 11 is 0. The van der Waals surface area contributed by atoms with Gasteiger partial charge in [-0.15, -0.1) is 0 Å². The molecule has 0 radical (unpaired) electrons. The van der Waals surface area contributed by atoms with Crippen molar-refractivity contribution in [1.29, 1.82) is 0 Å². The SMILES string of the molecule is CCCC(CC)CCN1CCNC1CC. The average molecular weight is 212 g/mol. The van der Waals surface area contributed by atoms with Crippen LogP contribution in [0.5, 0.6) is 0 Å². The Morgan fingerprint density at radius 1 is 1.27 bits per heavy atom. The molecule has 1 aliphatic heterocycles. The molecule has 0 aromatic heterocycles. The molecule has 2 heteroatoms. The predicted octanol–water partition coefficient (Wildman–Crippen LogP) is 2.84. The molecule has 0 aromatic rings. The Balaban J connectivity index is 2.22. The van der Waals surface area contributed by atoms with Crippen LogP contribution in [0.1, 0.15) is 52.9 Å². The Hall–Kier alpha value is -0.0800. The van der Waals surface area contributed by atoms with Gasteiger partial charge in [0.25, 0.3) is 0 Å². The van der Waals surface area contributed by atoms with E-state index in [4.69, 9.17) is 0 Å². The second kappa shape index (κ2) is 7.24. The van der Waals surface area contributed by atoms with Crippen molar-refractivity contribution in [2.24, 2.45) is 5.92 Å². The van der Waals surface area contributed by atoms with Gasteiger partial charge in [0.2, 0.25) is 0 Å². The Morgan fingerprint density at radius 3 is 2.67 bits per heavy atom. The third-order valence-electron chi connectivity index (χ3n) is 3.71. The summed E-state index contributed by atoms with van der Waals surface area (Å²) in [5.41, 5.74) is 0. The van der Waals surface area contributed by atoms with Gasteiger partial charge in [0.05, 0.1) is 6.17 Å². The number of rotatable bonds is 7. The number of nitrogens with one attached hydrogen (secondary N) is 1. The molecule has 2 atom stereocenters. The van der Waals surface area contributed by atoms with Gasteiger partial charge in [-0.3, -0.25) is 4.90 Å². The van der Waals surface area contributed by atoms with E-state index in [1.54, 1.807) is 0 Å². The summed E-state index contributed by atoms with van der Waals surface area (Å²) in [6.07, 6.45) is 7.39. The minimum atomic E-state index is 0.657. The summed E-state index contributed by atoms with van der Waals surface area (Å²) in [6, 6.07) is 0. The van der Waals surface area contributed by atoms with Crippen LogP contribution in [0.25, 0.3) is 0 Å². The van der Waals surface area contributed by atoms with Crippen molar-refractivity contribution >= 4 is 0 Å². The van der Waals surface area contributed by atoms with Crippen LogP contribution in [-0.4, -0.2) is 30.7 Å². The van der Waals surface area contributed by atoms with Crippen LogP contribution in [0, 0.1) is 5.92 Å². The van der Waals surface area contributed by atoms with E-state index >= 15 is 0 Å². The summed E-state index contributed by atoms with van der Waals surface area (Å²) in [4.78, 5) is 2.62. The van der Waals surface area contributed by atoms with Gasteiger partial charge in [-0.25, -0.2) is 0 Å². The highest BCUT2D eigenvalue weighted by atomic mass is 15.3. The van der Waals surface area contributed by atoms with Crippen molar-refractivity contribution in [2.75, 3.05) is 19.6 Å². The zero-order valence-electron chi connectivity index (χ0n) is 10.8. The fraction of sp³-hybridized carbons (Fsp3) is 1.00. The van der Waals surface area contributed by atoms with E-state index in [1.165, 1.54) is 51.7 Å². The molecule has 0 amide bonds. The molecule has 0 saturated carbocycles. The zero-order valence-corrected chi connectivity index (χ0v) is 10.8. The molecule has 90 valence electrons. The molecular weight excluding hydrogens is 184 g/mol. The average Bonchev–Trinajstić information content (AvgIpc) is 2.71. The van der Waals surface area contributed by atoms with Gasteiger partial charge in [-0.2, -0.15) is 0 Å². The maximum absolute atomic E-state index is 3.56. The molecule has 1 aliphatic rings. The molecule has 1 heterocycles. The first-order chi connectivity index (χ1) is 7.31. The molecule has 1 fully saturated rings. The topological polar surface area (TPSA) is 15.3 Å². The third-order valence-corrected chi connectivity index (χ3v) is 3.71. The fourth-order valence-electron chi connectivity index (χ4n) is 2.64. The lowest BCUT2D eigenvalue weighted by Crippen LogP contribution is -2.36. The molecule has 0 aromatic carbocycles. The van der Waals surface area contributed by atoms with Crippen LogP contribution in [0.2, 0.25) is 0 Å². The van der Waals surface area contributed by atoms with Crippen LogP contribution in [0.4, 0.5) is 0 Å². The Labute approximate surface area is 95.4 Å². The van der Waals surface area contributed by atoms with Crippen molar-refractivity contribution in [2.45, 2.75) is 59.0 Å². The smallest absolute Gasteiger partial charge is 0.0595 e. The highest BCUT2D eigenvalue weighted by Crippen LogP contribution is 2.17. The maximum atomic E-state index is 3.56. The summed E-state index contributed by atoms with van der Waals surface area (Å²) in [5.74, 6) is 0.952. The second-order valence-electron chi connectivity index (χ2n) is 4.77. The third kappa shape index (κ3) is 4.12. The first-order valence-electron chi connectivity index (χ1n) is 6.79. The van der Waals surface area contributed by atoms with E-state index in [-0.39, 0.29) is 0 Å². The summed E-state index contributed by atoms with van der Waals surface area (Å²) in [7, 11) is 0. The number of hydrogen-bond acceptors (Lipinski definition) is 2. The van der Waals surface area contributed by atoms with Crippen molar-refractivity contribution in [1.82, 2.24) is 10.2 Å². The van der Waals surface area contributed by atoms with E-state index in [9.17, 15) is 0 Å². The normalized spacial score (nSPS) is 24.6. The van der Waals surface area contributed by atoms with Crippen LogP contribution >= 0.6 is 0 Å². The van der Waals surface area contributed by atoms with E-state index in [0.717, 1.165) is 5.92 Å². The van der Waals surface area contributed by atoms with Gasteiger partial charge < -0.3 is 5.32 Å². The largest absolute Gasteiger partial charge is 0.300 e. The lowest BCUT2D eigenvalue weighted by molar-refractivity contribution is 0.214. The molecule has 2 unspecified atom stereocenters. The maximum Gasteiger partial charge on any atom is 0.0595 e. The Morgan fingerprint density at radius 2 is 2.07 bits per heavy atom. The van der Waals surface area contributed by atoms with Gasteiger partial charge in [0, 0.05) is 13.1 Å². The van der Waals surface area contributed by atoms with Gasteiger partial charge in [0.15, 0.2) is 0 Å². The zero-order chi connectivity index (χ0) is 11.1. The number of hydrogen-bond donors (Lipinski definition) is 1. The van der Waals surface area contributed by atoms with Gasteiger partial charge >= 0.3 is 0 Å². The highest BCUT2D eigenvalue weighted by molar-refractivity contribution is 4.77. The quantitative estimate of drug-likeness (QED) is 0.698. The van der Waals surface area contributed by atoms with Crippen LogP contribution in [-0.2, 0) is 0 Å². The van der Waals surface area contributed by atoms with Crippen molar-refractivity contribution in [3.63, 3.8) is 0 Å². The molecule has 0 bridgehead atoms. The fourth-order valence-corrected chi connectivity index (χ4v) is 2.64. The van der Waals surface area contributed by atoms with E-state index in [1.807, 2.05) is 0 Å².